The maximum absolute atomic E-state index is 11.8. The average molecular weight is 372 g/mol. The smallest absolute Gasteiger partial charge is 0.307 e. The summed E-state index contributed by atoms with van der Waals surface area (Å²) in [5, 5.41) is 24.0. The van der Waals surface area contributed by atoms with Crippen LogP contribution in [0.4, 0.5) is 0 Å². The Morgan fingerprint density at radius 3 is 2.59 bits per heavy atom. The molecule has 2 N–H and O–H groups in total. The number of carbonyl (C=O) groups is 1. The van der Waals surface area contributed by atoms with Crippen molar-refractivity contribution in [3.63, 3.8) is 0 Å². The third-order valence-electron chi connectivity index (χ3n) is 5.80. The van der Waals surface area contributed by atoms with Crippen molar-refractivity contribution in [1.29, 1.82) is 0 Å². The summed E-state index contributed by atoms with van der Waals surface area (Å²) >= 11 is 0. The second-order valence-electron chi connectivity index (χ2n) is 8.38. The molecule has 1 aliphatic rings. The van der Waals surface area contributed by atoms with Crippen molar-refractivity contribution in [2.24, 2.45) is 5.92 Å². The number of likely N-dealkylation sites (tertiary alicyclic amines) is 1. The van der Waals surface area contributed by atoms with Crippen LogP contribution in [0.15, 0.2) is 24.3 Å². The van der Waals surface area contributed by atoms with E-state index in [-0.39, 0.29) is 5.92 Å². The van der Waals surface area contributed by atoms with E-state index in [0.29, 0.717) is 24.6 Å². The second-order valence-corrected chi connectivity index (χ2v) is 8.38. The van der Waals surface area contributed by atoms with Crippen LogP contribution in [0, 0.1) is 5.92 Å². The van der Waals surface area contributed by atoms with Crippen LogP contribution in [0.1, 0.15) is 55.0 Å². The van der Waals surface area contributed by atoms with Gasteiger partial charge in [-0.15, -0.1) is 10.2 Å². The number of benzene rings is 1. The molecule has 3 rings (SSSR count). The van der Waals surface area contributed by atoms with Crippen LogP contribution < -0.4 is 0 Å². The molecule has 146 valence electrons. The number of hydrogen-bond acceptors (Lipinski definition) is 4. The number of hydrogen-bond donors (Lipinski definition) is 2. The summed E-state index contributed by atoms with van der Waals surface area (Å²) in [6.07, 6.45) is 3.22. The van der Waals surface area contributed by atoms with Crippen molar-refractivity contribution in [3.05, 3.63) is 41.2 Å². The Kier molecular flexibility index (Phi) is 5.89. The summed E-state index contributed by atoms with van der Waals surface area (Å²) in [6.45, 7) is 4.38. The van der Waals surface area contributed by atoms with Crippen molar-refractivity contribution in [1.82, 2.24) is 20.6 Å². The van der Waals surface area contributed by atoms with Gasteiger partial charge in [-0.2, -0.15) is 5.21 Å². The fraction of sp³-hybridized carbons (Fsp3) is 0.600. The van der Waals surface area contributed by atoms with Gasteiger partial charge in [-0.05, 0) is 24.0 Å². The minimum atomic E-state index is -0.797. The Morgan fingerprint density at radius 1 is 1.33 bits per heavy atom. The van der Waals surface area contributed by atoms with E-state index in [2.05, 4.69) is 59.0 Å². The predicted molar refractivity (Wildman–Crippen MR) is 102 cm³/mol. The Balaban J connectivity index is 1.77. The zero-order valence-electron chi connectivity index (χ0n) is 16.4. The first-order valence-electron chi connectivity index (χ1n) is 9.76. The second kappa shape index (κ2) is 8.17. The molecule has 1 aromatic heterocycles. The highest BCUT2D eigenvalue weighted by molar-refractivity contribution is 5.71. The number of H-pyrrole nitrogens is 1. The number of carboxylic acids is 1. The van der Waals surface area contributed by atoms with Crippen LogP contribution >= 0.6 is 0 Å². The van der Waals surface area contributed by atoms with E-state index in [4.69, 9.17) is 0 Å². The molecule has 3 unspecified atom stereocenters. The van der Waals surface area contributed by atoms with Crippen molar-refractivity contribution in [2.75, 3.05) is 27.2 Å². The number of tetrazole rings is 1. The van der Waals surface area contributed by atoms with Gasteiger partial charge in [0.05, 0.1) is 33.1 Å². The molecule has 0 saturated carbocycles. The molecule has 7 heteroatoms. The third-order valence-corrected chi connectivity index (χ3v) is 5.80. The number of aromatic nitrogens is 4. The van der Waals surface area contributed by atoms with Gasteiger partial charge < -0.3 is 9.59 Å². The molecule has 1 saturated heterocycles. The first-order chi connectivity index (χ1) is 12.9. The SMILES string of the molecule is CCCC(C(=O)O)C(Cc1ccc(C2CC[N+](C)(C)C2)cc1)c1nn[nH]n1. The maximum atomic E-state index is 11.8. The number of aliphatic carboxylic acids is 1. The summed E-state index contributed by atoms with van der Waals surface area (Å²) in [5.74, 6) is -0.507. The lowest BCUT2D eigenvalue weighted by atomic mass is 9.83. The summed E-state index contributed by atoms with van der Waals surface area (Å²) in [5.41, 5.74) is 2.49. The van der Waals surface area contributed by atoms with Gasteiger partial charge in [0.25, 0.3) is 0 Å². The van der Waals surface area contributed by atoms with Crippen molar-refractivity contribution >= 4 is 5.97 Å². The number of quaternary nitrogens is 1. The lowest BCUT2D eigenvalue weighted by molar-refractivity contribution is -0.878. The van der Waals surface area contributed by atoms with Crippen LogP contribution in [0.3, 0.4) is 0 Å². The summed E-state index contributed by atoms with van der Waals surface area (Å²) < 4.78 is 1.07. The van der Waals surface area contributed by atoms with Crippen LogP contribution in [0.25, 0.3) is 0 Å². The Labute approximate surface area is 160 Å². The Morgan fingerprint density at radius 2 is 2.07 bits per heavy atom. The van der Waals surface area contributed by atoms with Gasteiger partial charge in [0.15, 0.2) is 5.82 Å². The molecule has 1 aromatic carbocycles. The predicted octanol–water partition coefficient (Wildman–Crippen LogP) is 2.59. The topological polar surface area (TPSA) is 91.8 Å². The van der Waals surface area contributed by atoms with E-state index in [1.165, 1.54) is 25.1 Å². The monoisotopic (exact) mass is 372 g/mol. The van der Waals surface area contributed by atoms with E-state index in [0.717, 1.165) is 16.5 Å². The number of nitrogens with one attached hydrogen (secondary N) is 1. The Bertz CT molecular complexity index is 742. The highest BCUT2D eigenvalue weighted by atomic mass is 16.4. The number of rotatable bonds is 8. The summed E-state index contributed by atoms with van der Waals surface area (Å²) in [4.78, 5) is 11.8. The fourth-order valence-corrected chi connectivity index (χ4v) is 4.28. The molecule has 0 radical (unpaired) electrons. The molecule has 2 heterocycles. The third kappa shape index (κ3) is 4.71. The van der Waals surface area contributed by atoms with Crippen molar-refractivity contribution < 1.29 is 14.4 Å². The molecule has 27 heavy (non-hydrogen) atoms. The zero-order chi connectivity index (χ0) is 19.4. The molecule has 2 aromatic rings. The zero-order valence-corrected chi connectivity index (χ0v) is 16.4. The van der Waals surface area contributed by atoms with Crippen LogP contribution in [0.5, 0.6) is 0 Å². The average Bonchev–Trinajstić information content (AvgIpc) is 3.28. The van der Waals surface area contributed by atoms with Crippen LogP contribution in [-0.4, -0.2) is 63.4 Å². The first-order valence-corrected chi connectivity index (χ1v) is 9.76. The van der Waals surface area contributed by atoms with Gasteiger partial charge in [-0.1, -0.05) is 42.8 Å². The molecule has 1 aliphatic heterocycles. The fourth-order valence-electron chi connectivity index (χ4n) is 4.28. The molecule has 0 bridgehead atoms. The van der Waals surface area contributed by atoms with E-state index >= 15 is 0 Å². The molecule has 1 fully saturated rings. The lowest BCUT2D eigenvalue weighted by Gasteiger charge is -2.23. The molecule has 0 amide bonds. The van der Waals surface area contributed by atoms with E-state index in [9.17, 15) is 9.90 Å². The van der Waals surface area contributed by atoms with Gasteiger partial charge in [0.1, 0.15) is 0 Å². The van der Waals surface area contributed by atoms with Crippen LogP contribution in [-0.2, 0) is 11.2 Å². The van der Waals surface area contributed by atoms with Crippen molar-refractivity contribution in [3.8, 4) is 0 Å². The standard InChI is InChI=1S/C20H29N5O2/c1-4-5-17(20(26)27)18(19-21-23-24-22-19)12-14-6-8-15(9-7-14)16-10-11-25(2,3)13-16/h6-9,16-18H,4-5,10-13H2,1-3H3,(H-,21,22,23,24,26,27)/p+1. The van der Waals surface area contributed by atoms with Gasteiger partial charge in [0.2, 0.25) is 0 Å². The number of likely N-dealkylation sites (N-methyl/N-ethyl adjacent to an activating group) is 1. The van der Waals surface area contributed by atoms with Gasteiger partial charge in [-0.25, -0.2) is 0 Å². The largest absolute Gasteiger partial charge is 0.481 e. The van der Waals surface area contributed by atoms with Crippen LogP contribution in [0.2, 0.25) is 0 Å². The number of nitrogens with zero attached hydrogens (tertiary/aromatic N) is 4. The normalized spacial score (nSPS) is 21.1. The highest BCUT2D eigenvalue weighted by Crippen LogP contribution is 2.32. The summed E-state index contributed by atoms with van der Waals surface area (Å²) in [7, 11) is 4.56. The molecule has 7 nitrogen and oxygen atoms in total. The summed E-state index contributed by atoms with van der Waals surface area (Å²) in [6, 6.07) is 8.67. The quantitative estimate of drug-likeness (QED) is 0.695. The molecule has 0 spiro atoms. The number of carboxylic acid groups (broad SMARTS) is 1. The maximum Gasteiger partial charge on any atom is 0.307 e. The highest BCUT2D eigenvalue weighted by Gasteiger charge is 2.33. The molecule has 0 aliphatic carbocycles. The van der Waals surface area contributed by atoms with Gasteiger partial charge in [0, 0.05) is 18.3 Å². The first kappa shape index (κ1) is 19.5. The molecule has 3 atom stereocenters. The molecular weight excluding hydrogens is 342 g/mol. The van der Waals surface area contributed by atoms with Gasteiger partial charge in [-0.3, -0.25) is 4.79 Å². The lowest BCUT2D eigenvalue weighted by Crippen LogP contribution is -2.36. The molecular formula is C20H30N5O2+. The number of aromatic amines is 1. The van der Waals surface area contributed by atoms with Crippen molar-refractivity contribution in [2.45, 2.75) is 44.4 Å². The van der Waals surface area contributed by atoms with Gasteiger partial charge >= 0.3 is 5.97 Å². The van der Waals surface area contributed by atoms with E-state index in [1.54, 1.807) is 0 Å². The van der Waals surface area contributed by atoms with E-state index < -0.39 is 11.9 Å². The minimum Gasteiger partial charge on any atom is -0.481 e. The minimum absolute atomic E-state index is 0.283. The Hall–Kier alpha value is -2.28. The van der Waals surface area contributed by atoms with E-state index in [1.807, 2.05) is 6.92 Å².